The number of carbonyl (C=O) groups is 2. The van der Waals surface area contributed by atoms with Gasteiger partial charge in [0.15, 0.2) is 0 Å². The van der Waals surface area contributed by atoms with Crippen LogP contribution in [0.4, 0.5) is 4.79 Å². The molecule has 1 aliphatic rings. The van der Waals surface area contributed by atoms with Crippen LogP contribution in [-0.2, 0) is 6.54 Å². The molecule has 0 aliphatic carbocycles. The van der Waals surface area contributed by atoms with Crippen molar-refractivity contribution in [3.8, 4) is 0 Å². The van der Waals surface area contributed by atoms with E-state index < -0.39 is 0 Å². The summed E-state index contributed by atoms with van der Waals surface area (Å²) >= 11 is 0. The highest BCUT2D eigenvalue weighted by atomic mass is 16.2. The maximum atomic E-state index is 13.1. The van der Waals surface area contributed by atoms with E-state index in [0.717, 1.165) is 5.56 Å². The van der Waals surface area contributed by atoms with Gasteiger partial charge < -0.3 is 15.1 Å². The molecule has 2 heterocycles. The lowest BCUT2D eigenvalue weighted by atomic mass is 9.91. The first-order chi connectivity index (χ1) is 13.3. The van der Waals surface area contributed by atoms with E-state index in [9.17, 15) is 9.59 Å². The molecule has 1 aromatic carbocycles. The number of hydrogen-bond donors (Lipinski definition) is 1. The van der Waals surface area contributed by atoms with Gasteiger partial charge >= 0.3 is 6.03 Å². The Morgan fingerprint density at radius 2 is 2.04 bits per heavy atom. The lowest BCUT2D eigenvalue weighted by Crippen LogP contribution is -2.46. The van der Waals surface area contributed by atoms with Crippen LogP contribution in [0.1, 0.15) is 29.8 Å². The van der Waals surface area contributed by atoms with Gasteiger partial charge in [-0.05, 0) is 29.7 Å². The van der Waals surface area contributed by atoms with Crippen LogP contribution >= 0.6 is 0 Å². The molecule has 2 atom stereocenters. The number of amides is 3. The Balaban J connectivity index is 1.72. The minimum absolute atomic E-state index is 0.00886. The minimum atomic E-state index is -0.119. The van der Waals surface area contributed by atoms with Crippen LogP contribution in [0.3, 0.4) is 0 Å². The molecule has 7 nitrogen and oxygen atoms in total. The number of urea groups is 1. The molecule has 7 heteroatoms. The van der Waals surface area contributed by atoms with Gasteiger partial charge in [0.05, 0.1) is 12.6 Å². The van der Waals surface area contributed by atoms with Gasteiger partial charge in [-0.25, -0.2) is 4.79 Å². The first-order valence-electron chi connectivity index (χ1n) is 9.68. The van der Waals surface area contributed by atoms with Crippen molar-refractivity contribution in [2.24, 2.45) is 11.8 Å². The maximum absolute atomic E-state index is 13.1. The molecular formula is C21H29N5O2. The molecule has 1 N–H and O–H groups in total. The van der Waals surface area contributed by atoms with Crippen molar-refractivity contribution in [3.05, 3.63) is 53.9 Å². The molecule has 1 aromatic heterocycles. The van der Waals surface area contributed by atoms with E-state index in [1.807, 2.05) is 46.1 Å². The molecule has 0 saturated carbocycles. The molecule has 3 rings (SSSR count). The molecule has 3 amide bonds. The standard InChI is InChI=1S/C21H29N5O2/c1-15(2)18-13-25(14-19(18)23-21(28)24(3)4)20(27)17-8-5-7-16(11-17)12-26-10-6-9-22-26/h5-11,15,18-19H,12-14H2,1-4H3,(H,23,28)/t18-,19+/m0/s1. The van der Waals surface area contributed by atoms with Gasteiger partial charge in [-0.2, -0.15) is 5.10 Å². The van der Waals surface area contributed by atoms with E-state index in [2.05, 4.69) is 24.3 Å². The molecule has 0 bridgehead atoms. The van der Waals surface area contributed by atoms with Gasteiger partial charge in [-0.3, -0.25) is 9.48 Å². The number of hydrogen-bond acceptors (Lipinski definition) is 3. The van der Waals surface area contributed by atoms with Gasteiger partial charge in [0, 0.05) is 51.1 Å². The number of likely N-dealkylation sites (tertiary alicyclic amines) is 1. The van der Waals surface area contributed by atoms with E-state index in [0.29, 0.717) is 31.1 Å². The second-order valence-corrected chi connectivity index (χ2v) is 7.97. The van der Waals surface area contributed by atoms with Crippen molar-refractivity contribution in [1.82, 2.24) is 24.9 Å². The van der Waals surface area contributed by atoms with Crippen LogP contribution in [0.5, 0.6) is 0 Å². The number of carbonyl (C=O) groups excluding carboxylic acids is 2. The predicted molar refractivity (Wildman–Crippen MR) is 108 cm³/mol. The summed E-state index contributed by atoms with van der Waals surface area (Å²) in [6.45, 7) is 6.09. The molecular weight excluding hydrogens is 354 g/mol. The van der Waals surface area contributed by atoms with Crippen molar-refractivity contribution in [1.29, 1.82) is 0 Å². The third kappa shape index (κ3) is 4.52. The fraction of sp³-hybridized carbons (Fsp3) is 0.476. The van der Waals surface area contributed by atoms with E-state index in [1.165, 1.54) is 4.90 Å². The van der Waals surface area contributed by atoms with E-state index in [1.54, 1.807) is 20.3 Å². The molecule has 2 aromatic rings. The number of benzene rings is 1. The molecule has 1 fully saturated rings. The normalized spacial score (nSPS) is 19.1. The Morgan fingerprint density at radius 1 is 1.25 bits per heavy atom. The Labute approximate surface area is 166 Å². The van der Waals surface area contributed by atoms with Crippen molar-refractivity contribution in [2.75, 3.05) is 27.2 Å². The molecule has 1 aliphatic heterocycles. The smallest absolute Gasteiger partial charge is 0.317 e. The SMILES string of the molecule is CC(C)[C@@H]1CN(C(=O)c2cccc(Cn3cccn3)c2)C[C@H]1NC(=O)N(C)C. The van der Waals surface area contributed by atoms with Gasteiger partial charge in [0.1, 0.15) is 0 Å². The second-order valence-electron chi connectivity index (χ2n) is 7.97. The minimum Gasteiger partial charge on any atom is -0.336 e. The number of nitrogens with zero attached hydrogens (tertiary/aromatic N) is 4. The Bertz CT molecular complexity index is 816. The highest BCUT2D eigenvalue weighted by Crippen LogP contribution is 2.26. The lowest BCUT2D eigenvalue weighted by molar-refractivity contribution is 0.0782. The van der Waals surface area contributed by atoms with E-state index >= 15 is 0 Å². The number of rotatable bonds is 5. The zero-order valence-corrected chi connectivity index (χ0v) is 17.0. The molecule has 1 saturated heterocycles. The summed E-state index contributed by atoms with van der Waals surface area (Å²) in [5.41, 5.74) is 1.71. The topological polar surface area (TPSA) is 70.5 Å². The Hall–Kier alpha value is -2.83. The third-order valence-corrected chi connectivity index (χ3v) is 5.30. The Morgan fingerprint density at radius 3 is 2.68 bits per heavy atom. The monoisotopic (exact) mass is 383 g/mol. The summed E-state index contributed by atoms with van der Waals surface area (Å²) < 4.78 is 1.83. The van der Waals surface area contributed by atoms with Crippen LogP contribution in [-0.4, -0.2) is 64.7 Å². The van der Waals surface area contributed by atoms with Crippen LogP contribution in [0.25, 0.3) is 0 Å². The maximum Gasteiger partial charge on any atom is 0.317 e. The van der Waals surface area contributed by atoms with Gasteiger partial charge in [-0.1, -0.05) is 26.0 Å². The summed E-state index contributed by atoms with van der Waals surface area (Å²) in [7, 11) is 3.45. The van der Waals surface area contributed by atoms with Crippen molar-refractivity contribution in [3.63, 3.8) is 0 Å². The first-order valence-corrected chi connectivity index (χ1v) is 9.68. The molecule has 150 valence electrons. The first kappa shape index (κ1) is 19.9. The highest BCUT2D eigenvalue weighted by molar-refractivity contribution is 5.94. The highest BCUT2D eigenvalue weighted by Gasteiger charge is 2.38. The fourth-order valence-corrected chi connectivity index (χ4v) is 3.68. The van der Waals surface area contributed by atoms with Crippen molar-refractivity contribution in [2.45, 2.75) is 26.4 Å². The van der Waals surface area contributed by atoms with Crippen molar-refractivity contribution < 1.29 is 9.59 Å². The van der Waals surface area contributed by atoms with E-state index in [4.69, 9.17) is 0 Å². The molecule has 0 radical (unpaired) electrons. The zero-order valence-electron chi connectivity index (χ0n) is 17.0. The average molecular weight is 383 g/mol. The molecule has 0 unspecified atom stereocenters. The largest absolute Gasteiger partial charge is 0.336 e. The van der Waals surface area contributed by atoms with Crippen LogP contribution in [0, 0.1) is 11.8 Å². The van der Waals surface area contributed by atoms with Crippen molar-refractivity contribution >= 4 is 11.9 Å². The summed E-state index contributed by atoms with van der Waals surface area (Å²) in [4.78, 5) is 28.6. The summed E-state index contributed by atoms with van der Waals surface area (Å²) in [5, 5.41) is 7.29. The van der Waals surface area contributed by atoms with Crippen LogP contribution < -0.4 is 5.32 Å². The second kappa shape index (κ2) is 8.46. The predicted octanol–water partition coefficient (Wildman–Crippen LogP) is 2.30. The van der Waals surface area contributed by atoms with Gasteiger partial charge in [0.25, 0.3) is 5.91 Å². The molecule has 28 heavy (non-hydrogen) atoms. The number of nitrogens with one attached hydrogen (secondary N) is 1. The summed E-state index contributed by atoms with van der Waals surface area (Å²) in [5.74, 6) is 0.617. The zero-order chi connectivity index (χ0) is 20.3. The lowest BCUT2D eigenvalue weighted by Gasteiger charge is -2.24. The fourth-order valence-electron chi connectivity index (χ4n) is 3.68. The van der Waals surface area contributed by atoms with Gasteiger partial charge in [0.2, 0.25) is 0 Å². The van der Waals surface area contributed by atoms with Crippen LogP contribution in [0.2, 0.25) is 0 Å². The quantitative estimate of drug-likeness (QED) is 0.861. The summed E-state index contributed by atoms with van der Waals surface area (Å²) in [6.07, 6.45) is 3.65. The number of aromatic nitrogens is 2. The van der Waals surface area contributed by atoms with Gasteiger partial charge in [-0.15, -0.1) is 0 Å². The molecule has 0 spiro atoms. The Kier molecular flexibility index (Phi) is 6.02. The van der Waals surface area contributed by atoms with Crippen LogP contribution in [0.15, 0.2) is 42.7 Å². The average Bonchev–Trinajstić information content (AvgIpc) is 3.31. The third-order valence-electron chi connectivity index (χ3n) is 5.30. The summed E-state index contributed by atoms with van der Waals surface area (Å²) in [6, 6.07) is 9.42. The van der Waals surface area contributed by atoms with E-state index in [-0.39, 0.29) is 23.9 Å².